The summed E-state index contributed by atoms with van der Waals surface area (Å²) in [5.74, 6) is -0.167. The van der Waals surface area contributed by atoms with Gasteiger partial charge in [0.2, 0.25) is 5.91 Å². The molecule has 0 radical (unpaired) electrons. The molecule has 0 aromatic carbocycles. The number of amides is 3. The third-order valence-corrected chi connectivity index (χ3v) is 7.53. The molecular formula is C24H36N6O2S. The zero-order valence-electron chi connectivity index (χ0n) is 20.4. The topological polar surface area (TPSA) is 106 Å². The van der Waals surface area contributed by atoms with E-state index in [4.69, 9.17) is 5.73 Å². The van der Waals surface area contributed by atoms with E-state index in [1.54, 1.807) is 0 Å². The van der Waals surface area contributed by atoms with Gasteiger partial charge < -0.3 is 16.0 Å². The molecule has 0 bridgehead atoms. The van der Waals surface area contributed by atoms with Crippen molar-refractivity contribution in [3.63, 3.8) is 0 Å². The van der Waals surface area contributed by atoms with Gasteiger partial charge >= 0.3 is 6.03 Å². The van der Waals surface area contributed by atoms with Crippen LogP contribution < -0.4 is 11.1 Å². The Labute approximate surface area is 201 Å². The molecule has 33 heavy (non-hydrogen) atoms. The number of nitriles is 1. The number of carbonyl (C=O) groups is 2. The number of nitrogens with zero attached hydrogens (tertiary/aromatic N) is 4. The van der Waals surface area contributed by atoms with Gasteiger partial charge in [-0.15, -0.1) is 11.3 Å². The van der Waals surface area contributed by atoms with Gasteiger partial charge in [0.05, 0.1) is 11.5 Å². The molecule has 0 unspecified atom stereocenters. The van der Waals surface area contributed by atoms with E-state index in [9.17, 15) is 14.9 Å². The van der Waals surface area contributed by atoms with E-state index in [0.29, 0.717) is 49.1 Å². The van der Waals surface area contributed by atoms with Crippen LogP contribution in [0.4, 0.5) is 9.80 Å². The Hall–Kier alpha value is -2.41. The Balaban J connectivity index is 1.81. The van der Waals surface area contributed by atoms with Crippen LogP contribution in [-0.2, 0) is 17.6 Å². The molecule has 2 heterocycles. The van der Waals surface area contributed by atoms with Crippen molar-refractivity contribution < 1.29 is 9.59 Å². The average molecular weight is 473 g/mol. The number of likely N-dealkylation sites (N-methyl/N-ethyl adjacent to an activating group) is 2. The Kier molecular flexibility index (Phi) is 8.16. The lowest BCUT2D eigenvalue weighted by Crippen LogP contribution is -2.52. The molecule has 180 valence electrons. The van der Waals surface area contributed by atoms with Gasteiger partial charge in [-0.25, -0.2) is 4.79 Å². The van der Waals surface area contributed by atoms with Crippen LogP contribution in [0.1, 0.15) is 36.3 Å². The predicted octanol–water partition coefficient (Wildman–Crippen LogP) is 2.30. The molecule has 9 heteroatoms. The van der Waals surface area contributed by atoms with Crippen molar-refractivity contribution in [1.29, 1.82) is 5.26 Å². The van der Waals surface area contributed by atoms with Crippen LogP contribution in [0.15, 0.2) is 11.6 Å². The van der Waals surface area contributed by atoms with Crippen LogP contribution in [0, 0.1) is 23.2 Å². The van der Waals surface area contributed by atoms with Gasteiger partial charge in [0, 0.05) is 43.5 Å². The quantitative estimate of drug-likeness (QED) is 0.590. The average Bonchev–Trinajstić information content (AvgIpc) is 3.05. The molecule has 0 spiro atoms. The molecule has 1 aromatic heterocycles. The van der Waals surface area contributed by atoms with E-state index in [1.165, 1.54) is 21.1 Å². The van der Waals surface area contributed by atoms with Crippen molar-refractivity contribution in [1.82, 2.24) is 20.0 Å². The van der Waals surface area contributed by atoms with Gasteiger partial charge in [-0.2, -0.15) is 5.26 Å². The van der Waals surface area contributed by atoms with E-state index in [1.807, 2.05) is 32.1 Å². The molecule has 1 aromatic rings. The lowest BCUT2D eigenvalue weighted by atomic mass is 9.81. The van der Waals surface area contributed by atoms with Gasteiger partial charge in [-0.3, -0.25) is 14.6 Å². The Bertz CT molecular complexity index is 961. The fraction of sp³-hybridized carbons (Fsp3) is 0.625. The second-order valence-electron chi connectivity index (χ2n) is 9.75. The highest BCUT2D eigenvalue weighted by molar-refractivity contribution is 7.16. The number of thiophene rings is 1. The highest BCUT2D eigenvalue weighted by atomic mass is 32.1. The summed E-state index contributed by atoms with van der Waals surface area (Å²) in [6, 6.07) is 2.12. The summed E-state index contributed by atoms with van der Waals surface area (Å²) in [5.41, 5.74) is 8.79. The number of fused-ring (bicyclic) bond motifs is 2. The number of hydrogen-bond acceptors (Lipinski definition) is 7. The van der Waals surface area contributed by atoms with Gasteiger partial charge in [0.1, 0.15) is 11.1 Å². The van der Waals surface area contributed by atoms with Crippen LogP contribution in [-0.4, -0.2) is 80.0 Å². The van der Waals surface area contributed by atoms with Crippen molar-refractivity contribution in [3.05, 3.63) is 27.7 Å². The number of hydrogen-bond donors (Lipinski definition) is 2. The van der Waals surface area contributed by atoms with E-state index < -0.39 is 5.92 Å². The summed E-state index contributed by atoms with van der Waals surface area (Å²) in [7, 11) is 5.92. The van der Waals surface area contributed by atoms with E-state index >= 15 is 0 Å². The van der Waals surface area contributed by atoms with E-state index in [2.05, 4.69) is 30.1 Å². The van der Waals surface area contributed by atoms with Gasteiger partial charge in [-0.05, 0) is 45.5 Å². The number of anilines is 1. The standard InChI is InChI=1S/C24H36N6O2S/c1-15(2)6-8-30(24(32)27-7-9-28(3)4)23(31)17-10-16-11-18-19(13-25)22(26)33-21(18)12-20(16)29(5)14-17/h10,15,17,20H,6-9,11-12,14,26H2,1-5H3,(H,27,32)/t17-,20-/m1/s1. The largest absolute Gasteiger partial charge is 0.389 e. The maximum Gasteiger partial charge on any atom is 0.324 e. The number of imide groups is 1. The molecule has 1 aliphatic heterocycles. The molecule has 3 amide bonds. The maximum absolute atomic E-state index is 13.6. The molecule has 1 aliphatic carbocycles. The first-order chi connectivity index (χ1) is 15.6. The summed E-state index contributed by atoms with van der Waals surface area (Å²) in [6.07, 6.45) is 4.24. The SMILES string of the molecule is CC(C)CCN(C(=O)NCCN(C)C)C(=O)[C@@H]1C=C2Cc3c(sc(N)c3C#N)C[C@H]2N(C)C1. The highest BCUT2D eigenvalue weighted by Gasteiger charge is 2.38. The van der Waals surface area contributed by atoms with Crippen molar-refractivity contribution in [3.8, 4) is 6.07 Å². The van der Waals surface area contributed by atoms with Crippen LogP contribution >= 0.6 is 11.3 Å². The first kappa shape index (κ1) is 25.2. The molecule has 3 N–H and O–H groups in total. The van der Waals surface area contributed by atoms with Crippen LogP contribution in [0.3, 0.4) is 0 Å². The van der Waals surface area contributed by atoms with Crippen LogP contribution in [0.5, 0.6) is 0 Å². The van der Waals surface area contributed by atoms with Crippen molar-refractivity contribution >= 4 is 28.3 Å². The highest BCUT2D eigenvalue weighted by Crippen LogP contribution is 2.40. The minimum absolute atomic E-state index is 0.160. The number of nitrogens with two attached hydrogens (primary N) is 1. The molecule has 3 rings (SSSR count). The minimum Gasteiger partial charge on any atom is -0.389 e. The number of nitrogens with one attached hydrogen (secondary N) is 1. The van der Waals surface area contributed by atoms with Crippen molar-refractivity contribution in [2.45, 2.75) is 39.2 Å². The molecule has 2 aliphatic rings. The molecule has 0 fully saturated rings. The second kappa shape index (κ2) is 10.7. The fourth-order valence-electron chi connectivity index (χ4n) is 4.52. The molecular weight excluding hydrogens is 436 g/mol. The third-order valence-electron chi connectivity index (χ3n) is 6.44. The summed E-state index contributed by atoms with van der Waals surface area (Å²) in [5, 5.41) is 13.0. The van der Waals surface area contributed by atoms with Gasteiger partial charge in [-0.1, -0.05) is 25.5 Å². The Morgan fingerprint density at radius 3 is 2.73 bits per heavy atom. The Morgan fingerprint density at radius 2 is 2.09 bits per heavy atom. The van der Waals surface area contributed by atoms with Crippen molar-refractivity contribution in [2.75, 3.05) is 53.1 Å². The third kappa shape index (κ3) is 5.75. The minimum atomic E-state index is -0.393. The number of carbonyl (C=O) groups excluding carboxylic acids is 2. The number of nitrogen functional groups attached to an aromatic ring is 1. The van der Waals surface area contributed by atoms with Crippen LogP contribution in [0.25, 0.3) is 0 Å². The second-order valence-corrected chi connectivity index (χ2v) is 10.9. The number of urea groups is 1. The first-order valence-corrected chi connectivity index (χ1v) is 12.4. The summed E-state index contributed by atoms with van der Waals surface area (Å²) in [6.45, 7) is 6.35. The van der Waals surface area contributed by atoms with E-state index in [0.717, 1.165) is 24.0 Å². The Morgan fingerprint density at radius 1 is 1.36 bits per heavy atom. The lowest BCUT2D eigenvalue weighted by Gasteiger charge is -2.40. The summed E-state index contributed by atoms with van der Waals surface area (Å²) < 4.78 is 0. The molecule has 8 nitrogen and oxygen atoms in total. The van der Waals surface area contributed by atoms with Gasteiger partial charge in [0.25, 0.3) is 0 Å². The van der Waals surface area contributed by atoms with Crippen LogP contribution in [0.2, 0.25) is 0 Å². The monoisotopic (exact) mass is 472 g/mol. The number of rotatable bonds is 7. The smallest absolute Gasteiger partial charge is 0.324 e. The van der Waals surface area contributed by atoms with Crippen molar-refractivity contribution in [2.24, 2.45) is 11.8 Å². The predicted molar refractivity (Wildman–Crippen MR) is 132 cm³/mol. The van der Waals surface area contributed by atoms with E-state index in [-0.39, 0.29) is 18.0 Å². The fourth-order valence-corrected chi connectivity index (χ4v) is 5.60. The molecule has 2 atom stereocenters. The normalized spacial score (nSPS) is 20.1. The summed E-state index contributed by atoms with van der Waals surface area (Å²) >= 11 is 1.50. The summed E-state index contributed by atoms with van der Waals surface area (Å²) in [4.78, 5) is 33.2. The molecule has 0 saturated heterocycles. The lowest BCUT2D eigenvalue weighted by molar-refractivity contribution is -0.132. The van der Waals surface area contributed by atoms with Gasteiger partial charge in [0.15, 0.2) is 0 Å². The zero-order valence-corrected chi connectivity index (χ0v) is 21.2. The first-order valence-electron chi connectivity index (χ1n) is 11.6. The maximum atomic E-state index is 13.6. The molecule has 0 saturated carbocycles. The zero-order chi connectivity index (χ0) is 24.3.